The number of ether oxygens (including phenoxy) is 2. The van der Waals surface area contributed by atoms with Crippen molar-refractivity contribution in [3.63, 3.8) is 0 Å². The SMILES string of the molecule is O=C(NCC1CCCO1)Nc1ccc(Cl)c(OC(F)F)c1. The van der Waals surface area contributed by atoms with E-state index in [2.05, 4.69) is 15.4 Å². The molecular weight excluding hydrogens is 306 g/mol. The number of anilines is 1. The molecule has 1 fully saturated rings. The number of carbonyl (C=O) groups excluding carboxylic acids is 1. The van der Waals surface area contributed by atoms with Gasteiger partial charge in [0.15, 0.2) is 0 Å². The highest BCUT2D eigenvalue weighted by Gasteiger charge is 2.16. The lowest BCUT2D eigenvalue weighted by Crippen LogP contribution is -2.35. The summed E-state index contributed by atoms with van der Waals surface area (Å²) in [6.07, 6.45) is 1.92. The van der Waals surface area contributed by atoms with Crippen LogP contribution in [-0.2, 0) is 4.74 Å². The van der Waals surface area contributed by atoms with Gasteiger partial charge in [-0.3, -0.25) is 0 Å². The fraction of sp³-hybridized carbons (Fsp3) is 0.462. The molecule has 1 aromatic carbocycles. The fourth-order valence-electron chi connectivity index (χ4n) is 1.95. The summed E-state index contributed by atoms with van der Waals surface area (Å²) in [4.78, 5) is 11.7. The topological polar surface area (TPSA) is 59.6 Å². The lowest BCUT2D eigenvalue weighted by Gasteiger charge is -2.13. The average Bonchev–Trinajstić information content (AvgIpc) is 2.93. The first kappa shape index (κ1) is 15.8. The highest BCUT2D eigenvalue weighted by atomic mass is 35.5. The Kier molecular flexibility index (Phi) is 5.58. The Morgan fingerprint density at radius 2 is 2.33 bits per heavy atom. The van der Waals surface area contributed by atoms with E-state index in [1.54, 1.807) is 0 Å². The number of halogens is 3. The Morgan fingerprint density at radius 1 is 1.52 bits per heavy atom. The summed E-state index contributed by atoms with van der Waals surface area (Å²) in [5, 5.41) is 5.21. The van der Waals surface area contributed by atoms with Crippen LogP contribution in [0.4, 0.5) is 19.3 Å². The summed E-state index contributed by atoms with van der Waals surface area (Å²) < 4.78 is 34.0. The van der Waals surface area contributed by atoms with Gasteiger partial charge < -0.3 is 20.1 Å². The molecule has 1 saturated heterocycles. The molecule has 116 valence electrons. The van der Waals surface area contributed by atoms with Crippen molar-refractivity contribution < 1.29 is 23.0 Å². The van der Waals surface area contributed by atoms with Crippen molar-refractivity contribution >= 4 is 23.3 Å². The molecule has 1 aliphatic rings. The van der Waals surface area contributed by atoms with Crippen LogP contribution in [0, 0.1) is 0 Å². The number of urea groups is 1. The Labute approximate surface area is 125 Å². The maximum Gasteiger partial charge on any atom is 0.387 e. The second kappa shape index (κ2) is 7.42. The van der Waals surface area contributed by atoms with Crippen molar-refractivity contribution in [1.29, 1.82) is 0 Å². The van der Waals surface area contributed by atoms with Gasteiger partial charge in [-0.25, -0.2) is 4.79 Å². The molecule has 1 unspecified atom stereocenters. The number of nitrogens with one attached hydrogen (secondary N) is 2. The third-order valence-corrected chi connectivity index (χ3v) is 3.23. The van der Waals surface area contributed by atoms with Crippen LogP contribution in [0.5, 0.6) is 5.75 Å². The second-order valence-electron chi connectivity index (χ2n) is 4.49. The molecular formula is C13H15ClF2N2O3. The first-order valence-electron chi connectivity index (χ1n) is 6.45. The normalized spacial score (nSPS) is 17.8. The largest absolute Gasteiger partial charge is 0.433 e. The first-order valence-corrected chi connectivity index (χ1v) is 6.83. The van der Waals surface area contributed by atoms with E-state index in [-0.39, 0.29) is 16.9 Å². The smallest absolute Gasteiger partial charge is 0.387 e. The van der Waals surface area contributed by atoms with E-state index in [4.69, 9.17) is 16.3 Å². The monoisotopic (exact) mass is 320 g/mol. The van der Waals surface area contributed by atoms with Crippen LogP contribution in [-0.4, -0.2) is 31.9 Å². The molecule has 21 heavy (non-hydrogen) atoms. The molecule has 5 nitrogen and oxygen atoms in total. The van der Waals surface area contributed by atoms with E-state index in [0.29, 0.717) is 18.8 Å². The Morgan fingerprint density at radius 3 is 3.00 bits per heavy atom. The Bertz CT molecular complexity index is 496. The van der Waals surface area contributed by atoms with Crippen LogP contribution in [0.1, 0.15) is 12.8 Å². The fourth-order valence-corrected chi connectivity index (χ4v) is 2.12. The van der Waals surface area contributed by atoms with Crippen LogP contribution in [0.2, 0.25) is 5.02 Å². The molecule has 1 aromatic rings. The summed E-state index contributed by atoms with van der Waals surface area (Å²) in [7, 11) is 0. The molecule has 0 radical (unpaired) electrons. The van der Waals surface area contributed by atoms with Gasteiger partial charge in [-0.05, 0) is 25.0 Å². The van der Waals surface area contributed by atoms with Crippen molar-refractivity contribution in [2.75, 3.05) is 18.5 Å². The van der Waals surface area contributed by atoms with Gasteiger partial charge in [0.25, 0.3) is 0 Å². The molecule has 0 saturated carbocycles. The van der Waals surface area contributed by atoms with Crippen molar-refractivity contribution in [2.45, 2.75) is 25.6 Å². The molecule has 0 aliphatic carbocycles. The zero-order valence-corrected chi connectivity index (χ0v) is 11.8. The van der Waals surface area contributed by atoms with E-state index in [1.807, 2.05) is 0 Å². The minimum atomic E-state index is -2.98. The number of hydrogen-bond acceptors (Lipinski definition) is 3. The zero-order valence-electron chi connectivity index (χ0n) is 11.1. The van der Waals surface area contributed by atoms with Gasteiger partial charge in [0.1, 0.15) is 5.75 Å². The summed E-state index contributed by atoms with van der Waals surface area (Å²) in [6.45, 7) is -1.87. The minimum absolute atomic E-state index is 0.0266. The Balaban J connectivity index is 1.87. The highest BCUT2D eigenvalue weighted by molar-refractivity contribution is 6.32. The molecule has 2 N–H and O–H groups in total. The summed E-state index contributed by atoms with van der Waals surface area (Å²) in [5.41, 5.74) is 0.305. The molecule has 0 spiro atoms. The lowest BCUT2D eigenvalue weighted by atomic mass is 10.2. The molecule has 1 atom stereocenters. The maximum atomic E-state index is 12.2. The van der Waals surface area contributed by atoms with Crippen LogP contribution in [0.25, 0.3) is 0 Å². The van der Waals surface area contributed by atoms with Gasteiger partial charge in [-0.2, -0.15) is 8.78 Å². The minimum Gasteiger partial charge on any atom is -0.433 e. The summed E-state index contributed by atoms with van der Waals surface area (Å²) in [6, 6.07) is 3.65. The van der Waals surface area contributed by atoms with Crippen LogP contribution in [0.15, 0.2) is 18.2 Å². The van der Waals surface area contributed by atoms with Gasteiger partial charge in [-0.1, -0.05) is 11.6 Å². The molecule has 8 heteroatoms. The van der Waals surface area contributed by atoms with Gasteiger partial charge in [0.2, 0.25) is 0 Å². The van der Waals surface area contributed by atoms with Gasteiger partial charge in [-0.15, -0.1) is 0 Å². The first-order chi connectivity index (χ1) is 10.0. The predicted molar refractivity (Wildman–Crippen MR) is 74.1 cm³/mol. The number of carbonyl (C=O) groups is 1. The summed E-state index contributed by atoms with van der Waals surface area (Å²) >= 11 is 5.72. The van der Waals surface area contributed by atoms with E-state index >= 15 is 0 Å². The van der Waals surface area contributed by atoms with E-state index in [0.717, 1.165) is 12.8 Å². The number of hydrogen-bond donors (Lipinski definition) is 2. The number of benzene rings is 1. The maximum absolute atomic E-state index is 12.2. The third kappa shape index (κ3) is 5.02. The van der Waals surface area contributed by atoms with Crippen LogP contribution in [0.3, 0.4) is 0 Å². The molecule has 1 aliphatic heterocycles. The summed E-state index contributed by atoms with van der Waals surface area (Å²) in [5.74, 6) is -0.191. The standard InChI is InChI=1S/C13H15ClF2N2O3/c14-10-4-3-8(6-11(10)21-12(15)16)18-13(19)17-7-9-2-1-5-20-9/h3-4,6,9,12H,1-2,5,7H2,(H2,17,18,19). The number of amides is 2. The zero-order chi connectivity index (χ0) is 15.2. The van der Waals surface area contributed by atoms with Gasteiger partial charge in [0.05, 0.1) is 11.1 Å². The molecule has 0 bridgehead atoms. The second-order valence-corrected chi connectivity index (χ2v) is 4.90. The van der Waals surface area contributed by atoms with E-state index < -0.39 is 12.6 Å². The van der Waals surface area contributed by atoms with Crippen molar-refractivity contribution in [3.8, 4) is 5.75 Å². The van der Waals surface area contributed by atoms with E-state index in [1.165, 1.54) is 18.2 Å². The van der Waals surface area contributed by atoms with Crippen molar-refractivity contribution in [1.82, 2.24) is 5.32 Å². The molecule has 1 heterocycles. The third-order valence-electron chi connectivity index (χ3n) is 2.92. The van der Waals surface area contributed by atoms with Gasteiger partial charge in [0, 0.05) is 24.9 Å². The quantitative estimate of drug-likeness (QED) is 0.875. The van der Waals surface area contributed by atoms with Crippen molar-refractivity contribution in [3.05, 3.63) is 23.2 Å². The van der Waals surface area contributed by atoms with Crippen molar-refractivity contribution in [2.24, 2.45) is 0 Å². The van der Waals surface area contributed by atoms with Crippen LogP contribution < -0.4 is 15.4 Å². The molecule has 2 amide bonds. The highest BCUT2D eigenvalue weighted by Crippen LogP contribution is 2.29. The van der Waals surface area contributed by atoms with E-state index in [9.17, 15) is 13.6 Å². The number of rotatable bonds is 5. The van der Waals surface area contributed by atoms with Gasteiger partial charge >= 0.3 is 12.6 Å². The lowest BCUT2D eigenvalue weighted by molar-refractivity contribution is -0.0497. The predicted octanol–water partition coefficient (Wildman–Crippen LogP) is 3.24. The molecule has 0 aromatic heterocycles. The number of alkyl halides is 2. The Hall–Kier alpha value is -1.60. The van der Waals surface area contributed by atoms with Crippen LogP contribution >= 0.6 is 11.6 Å². The average molecular weight is 321 g/mol. The molecule has 2 rings (SSSR count).